The second kappa shape index (κ2) is 7.25. The lowest BCUT2D eigenvalue weighted by molar-refractivity contribution is 0.171. The Bertz CT molecular complexity index is 951. The van der Waals surface area contributed by atoms with Crippen LogP contribution in [0, 0.1) is 11.8 Å². The number of fused-ring (bicyclic) bond motifs is 4. The third-order valence-electron chi connectivity index (χ3n) is 6.55. The monoisotopic (exact) mass is 400 g/mol. The summed E-state index contributed by atoms with van der Waals surface area (Å²) in [5.74, 6) is 3.72. The molecule has 1 heterocycles. The molecule has 1 N–H and O–H groups in total. The molecule has 0 saturated heterocycles. The first-order valence-electron chi connectivity index (χ1n) is 9.90. The third kappa shape index (κ3) is 2.84. The van der Waals surface area contributed by atoms with Crippen LogP contribution in [-0.4, -0.2) is 33.2 Å². The molecule has 4 rings (SSSR count). The quantitative estimate of drug-likeness (QED) is 0.802. The minimum absolute atomic E-state index is 0.0502. The van der Waals surface area contributed by atoms with Crippen LogP contribution in [0.15, 0.2) is 12.1 Å². The van der Waals surface area contributed by atoms with Gasteiger partial charge in [-0.25, -0.2) is 0 Å². The van der Waals surface area contributed by atoms with E-state index in [2.05, 4.69) is 20.8 Å². The van der Waals surface area contributed by atoms with E-state index in [0.29, 0.717) is 46.1 Å². The van der Waals surface area contributed by atoms with Crippen LogP contribution in [0.1, 0.15) is 37.8 Å². The van der Waals surface area contributed by atoms with E-state index in [-0.39, 0.29) is 18.5 Å². The van der Waals surface area contributed by atoms with Crippen LogP contribution >= 0.6 is 0 Å². The highest BCUT2D eigenvalue weighted by molar-refractivity contribution is 5.88. The zero-order valence-electron chi connectivity index (χ0n) is 17.8. The number of hydrogen-bond acceptors (Lipinski definition) is 6. The van der Waals surface area contributed by atoms with Crippen LogP contribution in [-0.2, 0) is 6.42 Å². The van der Waals surface area contributed by atoms with Crippen molar-refractivity contribution in [2.75, 3.05) is 28.1 Å². The molecule has 0 saturated carbocycles. The highest BCUT2D eigenvalue weighted by Crippen LogP contribution is 2.58. The molecular formula is C23H28O6. The number of phenolic OH excluding ortho intramolecular Hbond substituents is 1. The van der Waals surface area contributed by atoms with Gasteiger partial charge in [0.1, 0.15) is 0 Å². The Morgan fingerprint density at radius 2 is 1.66 bits per heavy atom. The summed E-state index contributed by atoms with van der Waals surface area (Å²) in [5.41, 5.74) is 3.59. The predicted molar refractivity (Wildman–Crippen MR) is 110 cm³/mol. The molecule has 0 bridgehead atoms. The molecule has 0 aromatic heterocycles. The summed E-state index contributed by atoms with van der Waals surface area (Å²) in [4.78, 5) is 0. The molecule has 0 spiro atoms. The molecule has 3 atom stereocenters. The van der Waals surface area contributed by atoms with Crippen LogP contribution < -0.4 is 23.7 Å². The second-order valence-electron chi connectivity index (χ2n) is 7.93. The first-order chi connectivity index (χ1) is 13.9. The molecule has 29 heavy (non-hydrogen) atoms. The van der Waals surface area contributed by atoms with Crippen molar-refractivity contribution in [3.8, 4) is 45.6 Å². The Hall–Kier alpha value is -2.76. The molecule has 0 unspecified atom stereocenters. The standard InChI is InChI=1S/C23H28O6/c1-11-7-14-8-16(25-4)21(26-5)20(24)18(14)19-15(13(3)12(11)2)9-17-22(23(19)27-6)29-10-28-17/h8-9,11-13,24H,7,10H2,1-6H3/t11-,12-,13-/m1/s1. The Morgan fingerprint density at radius 1 is 0.931 bits per heavy atom. The molecule has 2 aliphatic rings. The van der Waals surface area contributed by atoms with Gasteiger partial charge in [-0.05, 0) is 47.4 Å². The second-order valence-corrected chi connectivity index (χ2v) is 7.93. The number of hydrogen-bond donors (Lipinski definition) is 1. The summed E-state index contributed by atoms with van der Waals surface area (Å²) in [6.07, 6.45) is 0.797. The topological polar surface area (TPSA) is 66.4 Å². The Morgan fingerprint density at radius 3 is 2.31 bits per heavy atom. The van der Waals surface area contributed by atoms with Crippen molar-refractivity contribution >= 4 is 0 Å². The Labute approximate surface area is 171 Å². The van der Waals surface area contributed by atoms with Crippen molar-refractivity contribution in [2.24, 2.45) is 11.8 Å². The fourth-order valence-electron chi connectivity index (χ4n) is 4.62. The summed E-state index contributed by atoms with van der Waals surface area (Å²) in [6.45, 7) is 6.87. The van der Waals surface area contributed by atoms with Gasteiger partial charge in [-0.3, -0.25) is 0 Å². The van der Waals surface area contributed by atoms with Gasteiger partial charge < -0.3 is 28.8 Å². The minimum atomic E-state index is 0.0502. The van der Waals surface area contributed by atoms with Crippen molar-refractivity contribution in [1.82, 2.24) is 0 Å². The van der Waals surface area contributed by atoms with Crippen molar-refractivity contribution in [1.29, 1.82) is 0 Å². The van der Waals surface area contributed by atoms with E-state index in [4.69, 9.17) is 23.7 Å². The average molecular weight is 400 g/mol. The first-order valence-corrected chi connectivity index (χ1v) is 9.90. The van der Waals surface area contributed by atoms with Gasteiger partial charge in [-0.1, -0.05) is 20.8 Å². The molecule has 0 radical (unpaired) electrons. The molecule has 6 heteroatoms. The largest absolute Gasteiger partial charge is 0.504 e. The maximum atomic E-state index is 11.3. The Balaban J connectivity index is 2.14. The van der Waals surface area contributed by atoms with E-state index in [9.17, 15) is 5.11 Å². The maximum Gasteiger partial charge on any atom is 0.231 e. The van der Waals surface area contributed by atoms with Gasteiger partial charge in [0, 0.05) is 11.1 Å². The number of phenols is 1. The lowest BCUT2D eigenvalue weighted by Gasteiger charge is -2.33. The van der Waals surface area contributed by atoms with Crippen molar-refractivity contribution < 1.29 is 28.8 Å². The lowest BCUT2D eigenvalue weighted by atomic mass is 9.72. The number of ether oxygens (including phenoxy) is 5. The van der Waals surface area contributed by atoms with E-state index < -0.39 is 0 Å². The fourth-order valence-corrected chi connectivity index (χ4v) is 4.62. The van der Waals surface area contributed by atoms with Gasteiger partial charge in [0.25, 0.3) is 0 Å². The fraction of sp³-hybridized carbons (Fsp3) is 0.478. The van der Waals surface area contributed by atoms with E-state index in [0.717, 1.165) is 23.1 Å². The summed E-state index contributed by atoms with van der Waals surface area (Å²) in [6, 6.07) is 3.99. The van der Waals surface area contributed by atoms with Crippen LogP contribution in [0.25, 0.3) is 11.1 Å². The molecular weight excluding hydrogens is 372 g/mol. The smallest absolute Gasteiger partial charge is 0.231 e. The summed E-state index contributed by atoms with van der Waals surface area (Å²) < 4.78 is 28.2. The number of methoxy groups -OCH3 is 3. The first kappa shape index (κ1) is 19.6. The van der Waals surface area contributed by atoms with Gasteiger partial charge >= 0.3 is 0 Å². The van der Waals surface area contributed by atoms with Crippen molar-refractivity contribution in [2.45, 2.75) is 33.1 Å². The van der Waals surface area contributed by atoms with E-state index in [1.807, 2.05) is 12.1 Å². The SMILES string of the molecule is COc1cc2c(c(O)c1OC)-c1c(cc3c(c1OC)OCO3)[C@H](C)[C@H](C)[C@H](C)C2. The van der Waals surface area contributed by atoms with Gasteiger partial charge in [0.05, 0.1) is 21.3 Å². The normalized spacial score (nSPS) is 22.2. The molecule has 0 fully saturated rings. The highest BCUT2D eigenvalue weighted by Gasteiger charge is 2.36. The predicted octanol–water partition coefficient (Wildman–Crippen LogP) is 4.75. The van der Waals surface area contributed by atoms with Crippen LogP contribution in [0.4, 0.5) is 0 Å². The summed E-state index contributed by atoms with van der Waals surface area (Å²) in [7, 11) is 4.72. The summed E-state index contributed by atoms with van der Waals surface area (Å²) in [5, 5.41) is 11.3. The zero-order valence-corrected chi connectivity index (χ0v) is 17.8. The number of benzene rings is 2. The minimum Gasteiger partial charge on any atom is -0.504 e. The molecule has 2 aromatic rings. The molecule has 6 nitrogen and oxygen atoms in total. The van der Waals surface area contributed by atoms with Gasteiger partial charge in [0.2, 0.25) is 18.3 Å². The van der Waals surface area contributed by atoms with Crippen LogP contribution in [0.5, 0.6) is 34.5 Å². The highest BCUT2D eigenvalue weighted by atomic mass is 16.7. The van der Waals surface area contributed by atoms with Crippen LogP contribution in [0.2, 0.25) is 0 Å². The Kier molecular flexibility index (Phi) is 4.89. The third-order valence-corrected chi connectivity index (χ3v) is 6.55. The number of rotatable bonds is 3. The summed E-state index contributed by atoms with van der Waals surface area (Å²) >= 11 is 0. The van der Waals surface area contributed by atoms with Gasteiger partial charge in [0.15, 0.2) is 23.0 Å². The van der Waals surface area contributed by atoms with Gasteiger partial charge in [-0.2, -0.15) is 0 Å². The lowest BCUT2D eigenvalue weighted by Crippen LogP contribution is -2.21. The average Bonchev–Trinajstić information content (AvgIpc) is 3.19. The molecule has 0 amide bonds. The maximum absolute atomic E-state index is 11.3. The van der Waals surface area contributed by atoms with E-state index in [1.54, 1.807) is 14.2 Å². The molecule has 1 aliphatic carbocycles. The van der Waals surface area contributed by atoms with E-state index in [1.165, 1.54) is 7.11 Å². The van der Waals surface area contributed by atoms with Crippen molar-refractivity contribution in [3.05, 3.63) is 23.3 Å². The van der Waals surface area contributed by atoms with Crippen molar-refractivity contribution in [3.63, 3.8) is 0 Å². The zero-order chi connectivity index (χ0) is 20.9. The molecule has 2 aromatic carbocycles. The van der Waals surface area contributed by atoms with E-state index >= 15 is 0 Å². The van der Waals surface area contributed by atoms with Crippen LogP contribution in [0.3, 0.4) is 0 Å². The molecule has 156 valence electrons. The van der Waals surface area contributed by atoms with Gasteiger partial charge in [-0.15, -0.1) is 0 Å². The number of aromatic hydroxyl groups is 1. The molecule has 1 aliphatic heterocycles.